The van der Waals surface area contributed by atoms with Gasteiger partial charge in [-0.3, -0.25) is 40.4 Å². The Morgan fingerprint density at radius 3 is 0.471 bits per heavy atom. The smallest absolute Gasteiger partial charge is 0.548 e. The van der Waals surface area contributed by atoms with E-state index in [1.54, 1.807) is 21.3 Å². The van der Waals surface area contributed by atoms with E-state index in [1.165, 1.54) is 0 Å². The number of hydrogen-bond donors (Lipinski definition) is 16. The molecule has 0 saturated carbocycles. The van der Waals surface area contributed by atoms with Crippen LogP contribution in [0.5, 0.6) is 0 Å². The largest absolute Gasteiger partial charge is 3.00 e. The van der Waals surface area contributed by atoms with Gasteiger partial charge in [-0.2, -0.15) is 0 Å². The third-order valence-corrected chi connectivity index (χ3v) is 7.17. The van der Waals surface area contributed by atoms with Crippen molar-refractivity contribution in [3.05, 3.63) is 0 Å². The third-order valence-electron chi connectivity index (χ3n) is 7.17. The summed E-state index contributed by atoms with van der Waals surface area (Å²) >= 11 is 0. The molecular weight excluding hydrogens is 1030 g/mol. The van der Waals surface area contributed by atoms with Crippen molar-refractivity contribution >= 4 is 95.5 Å². The van der Waals surface area contributed by atoms with Gasteiger partial charge in [0, 0.05) is 49.9 Å². The van der Waals surface area contributed by atoms with Crippen LogP contribution in [0.25, 0.3) is 0 Å². The molecule has 0 bridgehead atoms. The van der Waals surface area contributed by atoms with E-state index >= 15 is 0 Å². The molecule has 1 radical (unpaired) electrons. The number of carbonyl (C=O) groups excluding carboxylic acids is 4. The number of hydrogen-bond acceptors (Lipinski definition) is 24. The van der Waals surface area contributed by atoms with Gasteiger partial charge in [-0.1, -0.05) is 0 Å². The van der Waals surface area contributed by atoms with E-state index in [1.807, 2.05) is 0 Å². The van der Waals surface area contributed by atoms with Crippen molar-refractivity contribution in [2.75, 3.05) is 0 Å². The summed E-state index contributed by atoms with van der Waals surface area (Å²) in [5.41, 5.74) is 0. The average molecular weight is 1070 g/mol. The molecule has 0 aromatic rings. The van der Waals surface area contributed by atoms with Crippen LogP contribution >= 0.6 is 0 Å². The van der Waals surface area contributed by atoms with Crippen LogP contribution < -0.4 is 71.3 Å². The fraction of sp³-hybridized carbons (Fsp3) is 0.500. The molecule has 0 unspecified atom stereocenters. The van der Waals surface area contributed by atoms with Crippen LogP contribution in [0.1, 0.15) is 51.4 Å². The molecule has 0 fully saturated rings. The summed E-state index contributed by atoms with van der Waals surface area (Å²) in [6.07, 6.45) is -4.14. The summed E-state index contributed by atoms with van der Waals surface area (Å²) in [5.74, 6) is -26.5. The van der Waals surface area contributed by atoms with E-state index in [0.29, 0.717) is 0 Å². The Morgan fingerprint density at radius 2 is 0.400 bits per heavy atom. The Balaban J connectivity index is -0.000000193. The normalized spacial score (nSPS) is 11.7. The number of carbonyl (C=O) groups is 16. The molecule has 0 spiro atoms. The molecular formula is C32H40FeN4NaO32. The Morgan fingerprint density at radius 1 is 0.286 bits per heavy atom. The van der Waals surface area contributed by atoms with Crippen molar-refractivity contribution in [1.82, 2.24) is 21.3 Å². The minimum absolute atomic E-state index is 0. The van der Waals surface area contributed by atoms with E-state index in [9.17, 15) is 97.1 Å². The number of nitrogens with one attached hydrogen (secondary N) is 4. The van der Waals surface area contributed by atoms with Gasteiger partial charge in [0.1, 0.15) is 0 Å². The second kappa shape index (κ2) is 38.8. The van der Waals surface area contributed by atoms with E-state index in [2.05, 4.69) is 0 Å². The molecule has 4 atom stereocenters. The molecule has 0 saturated heterocycles. The van der Waals surface area contributed by atoms with Gasteiger partial charge >= 0.3 is 118 Å². The van der Waals surface area contributed by atoms with E-state index in [4.69, 9.17) is 61.3 Å². The Hall–Kier alpha value is -7.12. The van der Waals surface area contributed by atoms with Gasteiger partial charge in [0.05, 0.1) is 23.9 Å². The third kappa shape index (κ3) is 36.9. The van der Waals surface area contributed by atoms with Crippen LogP contribution in [-0.2, 0) is 93.8 Å². The second-order valence-corrected chi connectivity index (χ2v) is 12.3. The molecule has 0 heterocycles. The number of aliphatic carboxylic acids is 16. The average Bonchev–Trinajstić information content (AvgIpc) is 3.16. The first kappa shape index (κ1) is 74.4. The number of rotatable bonds is 32. The molecule has 0 aromatic heterocycles. The summed E-state index contributed by atoms with van der Waals surface area (Å²) < 4.78 is 0. The van der Waals surface area contributed by atoms with Gasteiger partial charge in [0.2, 0.25) is 24.2 Å². The van der Waals surface area contributed by atoms with E-state index in [0.717, 1.165) is 0 Å². The second-order valence-electron chi connectivity index (χ2n) is 12.3. The predicted octanol–water partition coefficient (Wildman–Crippen LogP) is -14.6. The molecule has 36 nitrogen and oxygen atoms in total. The molecule has 0 aliphatic rings. The van der Waals surface area contributed by atoms with Crippen LogP contribution in [0.2, 0.25) is 0 Å². The van der Waals surface area contributed by atoms with Crippen molar-refractivity contribution in [3.63, 3.8) is 0 Å². The van der Waals surface area contributed by atoms with Crippen LogP contribution in [0, 0.1) is 0 Å². The van der Waals surface area contributed by atoms with Gasteiger partial charge in [-0.25, -0.2) is 38.4 Å². The van der Waals surface area contributed by atoms with Gasteiger partial charge in [-0.15, -0.1) is 0 Å². The monoisotopic (exact) mass is 1070 g/mol. The fourth-order valence-electron chi connectivity index (χ4n) is 3.95. The summed E-state index contributed by atoms with van der Waals surface area (Å²) in [5, 5.41) is 150. The predicted molar refractivity (Wildman–Crippen MR) is 191 cm³/mol. The number of carboxylic acids is 16. The summed E-state index contributed by atoms with van der Waals surface area (Å²) in [6, 6.07) is -15.2. The van der Waals surface area contributed by atoms with Crippen LogP contribution in [0.3, 0.4) is 0 Å². The van der Waals surface area contributed by atoms with Crippen LogP contribution in [0.15, 0.2) is 0 Å². The van der Waals surface area contributed by atoms with Crippen molar-refractivity contribution in [3.8, 4) is 0 Å². The Labute approximate surface area is 420 Å². The van der Waals surface area contributed by atoms with Crippen molar-refractivity contribution in [2.45, 2.75) is 99.7 Å². The van der Waals surface area contributed by atoms with E-state index in [-0.39, 0.29) is 46.6 Å². The maximum absolute atomic E-state index is 10.5. The maximum Gasteiger partial charge on any atom is 3.00 e. The topological polar surface area (TPSA) is 656 Å². The molecule has 70 heavy (non-hydrogen) atoms. The summed E-state index contributed by atoms with van der Waals surface area (Å²) in [6.45, 7) is 0. The van der Waals surface area contributed by atoms with Gasteiger partial charge in [0.15, 0.2) is 0 Å². The van der Waals surface area contributed by atoms with Crippen LogP contribution in [0.4, 0.5) is 0 Å². The molecule has 0 aromatic carbocycles. The minimum atomic E-state index is -2.13. The van der Waals surface area contributed by atoms with E-state index < -0.39 is 195 Å². The summed E-state index contributed by atoms with van der Waals surface area (Å²) in [7, 11) is 0. The fourth-order valence-corrected chi connectivity index (χ4v) is 3.95. The van der Waals surface area contributed by atoms with Gasteiger partial charge < -0.3 is 101 Å². The Kier molecular flexibility index (Phi) is 41.3. The molecule has 16 N–H and O–H groups in total. The zero-order chi connectivity index (χ0) is 54.3. The van der Waals surface area contributed by atoms with Crippen molar-refractivity contribution in [1.29, 1.82) is 0 Å². The molecule has 389 valence electrons. The molecule has 0 aliphatic carbocycles. The first-order valence-electron chi connectivity index (χ1n) is 17.6. The van der Waals surface area contributed by atoms with Crippen molar-refractivity contribution in [2.24, 2.45) is 0 Å². The standard InChI is InChI=1S/4C8H11NO8.Fe.Na/c4*10-4(11)2-1-3(6(12)13)9-5(7(14)15)8(16)17;;/h4*3,5,9H,1-2H2,(H,10,11)(H,12,13)(H,14,15)(H,16,17);;/q;;;;+3;+1/p-4/t4*3-;;/m0000../s1. The molecule has 0 rings (SSSR count). The number of carboxylic acid groups (broad SMARTS) is 16. The first-order chi connectivity index (χ1) is 31.0. The molecule has 38 heteroatoms. The minimum Gasteiger partial charge on any atom is -0.548 e. The van der Waals surface area contributed by atoms with Gasteiger partial charge in [0.25, 0.3) is 0 Å². The Bertz CT molecular complexity index is 1580. The van der Waals surface area contributed by atoms with Crippen molar-refractivity contribution < 1.29 is 205 Å². The molecule has 0 amide bonds. The van der Waals surface area contributed by atoms with Crippen LogP contribution in [-0.4, -0.2) is 205 Å². The SMILES string of the molecule is O=C(O)CC[C@H](NC(C(=O)O)C(=O)O)C(=O)[O-].O=C(O)CC[C@H](NC(C(=O)O)C(=O)O)C(=O)[O-].O=C(O)CC[C@H](NC(C(=O)O)C(=O)O)C(=O)[O-].O=C(O)CC[C@H](NC(C(=O)O)C(=O)O)C(=O)[O-].[Fe+3].[Na+]. The zero-order valence-electron chi connectivity index (χ0n) is 35.2. The zero-order valence-corrected chi connectivity index (χ0v) is 38.3. The van der Waals surface area contributed by atoms with Gasteiger partial charge in [-0.05, 0) is 25.7 Å². The maximum atomic E-state index is 10.5. The first-order valence-corrected chi connectivity index (χ1v) is 17.6. The quantitative estimate of drug-likeness (QED) is 0.0220. The molecule has 0 aliphatic heterocycles. The summed E-state index contributed by atoms with van der Waals surface area (Å²) in [4.78, 5) is 167.